The van der Waals surface area contributed by atoms with Crippen LogP contribution in [0.2, 0.25) is 5.02 Å². The van der Waals surface area contributed by atoms with Gasteiger partial charge in [0.2, 0.25) is 5.91 Å². The summed E-state index contributed by atoms with van der Waals surface area (Å²) >= 11 is 5.89. The number of methoxy groups -OCH3 is 1. The van der Waals surface area contributed by atoms with Gasteiger partial charge in [0.1, 0.15) is 5.75 Å². The maximum Gasteiger partial charge on any atom is 0.277 e. The van der Waals surface area contributed by atoms with Gasteiger partial charge in [-0.2, -0.15) is 0 Å². The van der Waals surface area contributed by atoms with Crippen LogP contribution in [0.4, 0.5) is 11.4 Å². The van der Waals surface area contributed by atoms with E-state index in [2.05, 4.69) is 10.5 Å². The number of nitrogens with one attached hydrogen (secondary N) is 1. The number of halogens is 1. The fourth-order valence-corrected chi connectivity index (χ4v) is 3.33. The van der Waals surface area contributed by atoms with Crippen LogP contribution in [0.25, 0.3) is 11.3 Å². The molecular weight excluding hydrogens is 394 g/mol. The summed E-state index contributed by atoms with van der Waals surface area (Å²) in [6.45, 7) is 0.660. The SMILES string of the molecule is COc1cc(NC(=O)c2cc(-c3ccc(Cl)cc3)on2)ccc1N1CCCC1=O. The van der Waals surface area contributed by atoms with Crippen LogP contribution >= 0.6 is 11.6 Å². The highest BCUT2D eigenvalue weighted by Gasteiger charge is 2.24. The molecule has 2 heterocycles. The number of amides is 2. The number of benzene rings is 2. The van der Waals surface area contributed by atoms with Crippen LogP contribution in [0.3, 0.4) is 0 Å². The van der Waals surface area contributed by atoms with Crippen LogP contribution in [0, 0.1) is 0 Å². The van der Waals surface area contributed by atoms with Crippen LogP contribution in [-0.2, 0) is 4.79 Å². The van der Waals surface area contributed by atoms with Gasteiger partial charge < -0.3 is 19.5 Å². The van der Waals surface area contributed by atoms with Crippen LogP contribution in [-0.4, -0.2) is 30.6 Å². The molecule has 0 radical (unpaired) electrons. The lowest BCUT2D eigenvalue weighted by atomic mass is 10.1. The Labute approximate surface area is 172 Å². The average molecular weight is 412 g/mol. The number of aromatic nitrogens is 1. The Morgan fingerprint density at radius 2 is 2.00 bits per heavy atom. The molecule has 3 aromatic rings. The van der Waals surface area contributed by atoms with Crippen molar-refractivity contribution in [2.75, 3.05) is 23.9 Å². The van der Waals surface area contributed by atoms with Crippen LogP contribution < -0.4 is 15.0 Å². The number of rotatable bonds is 5. The molecule has 0 saturated carbocycles. The van der Waals surface area contributed by atoms with E-state index in [1.165, 1.54) is 7.11 Å². The Balaban J connectivity index is 1.51. The lowest BCUT2D eigenvalue weighted by Crippen LogP contribution is -2.24. The standard InChI is InChI=1S/C21H18ClN3O4/c1-28-19-11-15(8-9-17(19)25-10-2-3-20(25)26)23-21(27)16-12-18(29-24-16)13-4-6-14(22)7-5-13/h4-9,11-12H,2-3,10H2,1H3,(H,23,27). The number of carbonyl (C=O) groups excluding carboxylic acids is 2. The van der Waals surface area contributed by atoms with Crippen molar-refractivity contribution in [1.29, 1.82) is 0 Å². The Bertz CT molecular complexity index is 1060. The fraction of sp³-hybridized carbons (Fsp3) is 0.190. The van der Waals surface area contributed by atoms with Gasteiger partial charge in [-0.25, -0.2) is 0 Å². The maximum atomic E-state index is 12.5. The number of nitrogens with zero attached hydrogens (tertiary/aromatic N) is 2. The van der Waals surface area contributed by atoms with Crippen molar-refractivity contribution in [3.05, 3.63) is 59.2 Å². The van der Waals surface area contributed by atoms with E-state index in [9.17, 15) is 9.59 Å². The van der Waals surface area contributed by atoms with Gasteiger partial charge in [-0.05, 0) is 42.8 Å². The zero-order valence-electron chi connectivity index (χ0n) is 15.6. The summed E-state index contributed by atoms with van der Waals surface area (Å²) < 4.78 is 10.7. The predicted molar refractivity (Wildman–Crippen MR) is 109 cm³/mol. The monoisotopic (exact) mass is 411 g/mol. The van der Waals surface area contributed by atoms with E-state index in [1.54, 1.807) is 53.4 Å². The van der Waals surface area contributed by atoms with E-state index >= 15 is 0 Å². The highest BCUT2D eigenvalue weighted by Crippen LogP contribution is 2.34. The zero-order valence-corrected chi connectivity index (χ0v) is 16.4. The quantitative estimate of drug-likeness (QED) is 0.673. The summed E-state index contributed by atoms with van der Waals surface area (Å²) in [5.74, 6) is 0.630. The van der Waals surface area contributed by atoms with Crippen molar-refractivity contribution in [1.82, 2.24) is 5.16 Å². The Morgan fingerprint density at radius 3 is 2.69 bits per heavy atom. The molecule has 1 aromatic heterocycles. The van der Waals surface area contributed by atoms with Crippen molar-refractivity contribution in [3.63, 3.8) is 0 Å². The topological polar surface area (TPSA) is 84.7 Å². The highest BCUT2D eigenvalue weighted by molar-refractivity contribution is 6.30. The minimum Gasteiger partial charge on any atom is -0.494 e. The molecule has 1 N–H and O–H groups in total. The van der Waals surface area contributed by atoms with Gasteiger partial charge in [-0.15, -0.1) is 0 Å². The first-order valence-electron chi connectivity index (χ1n) is 9.07. The summed E-state index contributed by atoms with van der Waals surface area (Å²) in [4.78, 5) is 26.2. The fourth-order valence-electron chi connectivity index (χ4n) is 3.21. The first-order valence-corrected chi connectivity index (χ1v) is 9.45. The number of carbonyl (C=O) groups is 2. The van der Waals surface area contributed by atoms with Crippen molar-refractivity contribution in [3.8, 4) is 17.1 Å². The second kappa shape index (κ2) is 7.97. The molecule has 1 aliphatic rings. The molecule has 2 aromatic carbocycles. The summed E-state index contributed by atoms with van der Waals surface area (Å²) in [5.41, 5.74) is 2.13. The first kappa shape index (κ1) is 19.0. The Hall–Kier alpha value is -3.32. The molecule has 0 bridgehead atoms. The number of anilines is 2. The zero-order chi connectivity index (χ0) is 20.4. The molecule has 7 nitrogen and oxygen atoms in total. The molecule has 0 atom stereocenters. The molecule has 1 saturated heterocycles. The normalized spacial score (nSPS) is 13.6. The van der Waals surface area contributed by atoms with E-state index in [4.69, 9.17) is 20.9 Å². The van der Waals surface area contributed by atoms with Gasteiger partial charge in [0.25, 0.3) is 5.91 Å². The Morgan fingerprint density at radius 1 is 1.21 bits per heavy atom. The summed E-state index contributed by atoms with van der Waals surface area (Å²) in [5, 5.41) is 7.22. The summed E-state index contributed by atoms with van der Waals surface area (Å²) in [7, 11) is 1.53. The van der Waals surface area contributed by atoms with E-state index in [-0.39, 0.29) is 11.6 Å². The molecule has 2 amide bonds. The molecule has 0 unspecified atom stereocenters. The predicted octanol–water partition coefficient (Wildman–Crippen LogP) is 4.38. The van der Waals surface area contributed by atoms with Crippen LogP contribution in [0.5, 0.6) is 5.75 Å². The smallest absolute Gasteiger partial charge is 0.277 e. The number of ether oxygens (including phenoxy) is 1. The highest BCUT2D eigenvalue weighted by atomic mass is 35.5. The van der Waals surface area contributed by atoms with Gasteiger partial charge in [-0.1, -0.05) is 16.8 Å². The number of hydrogen-bond acceptors (Lipinski definition) is 5. The summed E-state index contributed by atoms with van der Waals surface area (Å²) in [6.07, 6.45) is 1.35. The third kappa shape index (κ3) is 3.95. The largest absolute Gasteiger partial charge is 0.494 e. The third-order valence-corrected chi connectivity index (χ3v) is 4.93. The molecule has 0 aliphatic carbocycles. The molecule has 1 fully saturated rings. The van der Waals surface area contributed by atoms with E-state index in [0.29, 0.717) is 40.9 Å². The molecule has 1 aliphatic heterocycles. The van der Waals surface area contributed by atoms with Gasteiger partial charge in [-0.3, -0.25) is 9.59 Å². The Kier molecular flexibility index (Phi) is 5.22. The molecule has 148 valence electrons. The van der Waals surface area contributed by atoms with E-state index in [1.807, 2.05) is 0 Å². The molecular formula is C21H18ClN3O4. The lowest BCUT2D eigenvalue weighted by Gasteiger charge is -2.19. The molecule has 0 spiro atoms. The van der Waals surface area contributed by atoms with Gasteiger partial charge in [0, 0.05) is 41.4 Å². The molecule has 4 rings (SSSR count). The van der Waals surface area contributed by atoms with Gasteiger partial charge in [0.15, 0.2) is 11.5 Å². The van der Waals surface area contributed by atoms with Crippen molar-refractivity contribution < 1.29 is 18.8 Å². The van der Waals surface area contributed by atoms with Crippen LogP contribution in [0.1, 0.15) is 23.3 Å². The van der Waals surface area contributed by atoms with Crippen molar-refractivity contribution in [2.24, 2.45) is 0 Å². The minimum absolute atomic E-state index is 0.0670. The molecule has 8 heteroatoms. The lowest BCUT2D eigenvalue weighted by molar-refractivity contribution is -0.117. The second-order valence-corrected chi connectivity index (χ2v) is 7.01. The van der Waals surface area contributed by atoms with Crippen molar-refractivity contribution in [2.45, 2.75) is 12.8 Å². The first-order chi connectivity index (χ1) is 14.0. The van der Waals surface area contributed by atoms with Gasteiger partial charge >= 0.3 is 0 Å². The number of hydrogen-bond donors (Lipinski definition) is 1. The third-order valence-electron chi connectivity index (χ3n) is 4.67. The van der Waals surface area contributed by atoms with Crippen molar-refractivity contribution >= 4 is 34.8 Å². The minimum atomic E-state index is -0.416. The van der Waals surface area contributed by atoms with Crippen LogP contribution in [0.15, 0.2) is 53.1 Å². The van der Waals surface area contributed by atoms with E-state index in [0.717, 1.165) is 12.0 Å². The molecule has 29 heavy (non-hydrogen) atoms. The summed E-state index contributed by atoms with van der Waals surface area (Å²) in [6, 6.07) is 13.8. The second-order valence-electron chi connectivity index (χ2n) is 6.57. The van der Waals surface area contributed by atoms with E-state index < -0.39 is 5.91 Å². The van der Waals surface area contributed by atoms with Gasteiger partial charge in [0.05, 0.1) is 12.8 Å². The maximum absolute atomic E-state index is 12.5. The average Bonchev–Trinajstić information content (AvgIpc) is 3.38.